The quantitative estimate of drug-likeness (QED) is 0.866. The first-order chi connectivity index (χ1) is 9.41. The van der Waals surface area contributed by atoms with E-state index in [1.165, 1.54) is 25.3 Å². The molecular formula is C13H18N2O4S. The summed E-state index contributed by atoms with van der Waals surface area (Å²) in [6, 6.07) is 4.38. The number of methoxy groups -OCH3 is 1. The summed E-state index contributed by atoms with van der Waals surface area (Å²) >= 11 is 0. The molecule has 0 aromatic heterocycles. The number of hydrogen-bond donors (Lipinski definition) is 2. The van der Waals surface area contributed by atoms with Crippen molar-refractivity contribution in [2.24, 2.45) is 5.14 Å². The molecule has 1 aromatic rings. The van der Waals surface area contributed by atoms with Gasteiger partial charge in [-0.3, -0.25) is 4.79 Å². The summed E-state index contributed by atoms with van der Waals surface area (Å²) in [5.41, 5.74) is 0.265. The predicted molar refractivity (Wildman–Crippen MR) is 74.1 cm³/mol. The molecule has 0 spiro atoms. The van der Waals surface area contributed by atoms with Crippen molar-refractivity contribution in [3.05, 3.63) is 23.8 Å². The third-order valence-corrected chi connectivity index (χ3v) is 4.35. The minimum Gasteiger partial charge on any atom is -0.495 e. The topological polar surface area (TPSA) is 98.5 Å². The lowest BCUT2D eigenvalue weighted by molar-refractivity contribution is 0.0937. The van der Waals surface area contributed by atoms with E-state index in [0.717, 1.165) is 25.7 Å². The van der Waals surface area contributed by atoms with Crippen molar-refractivity contribution in [3.63, 3.8) is 0 Å². The monoisotopic (exact) mass is 298 g/mol. The third-order valence-electron chi connectivity index (χ3n) is 3.42. The van der Waals surface area contributed by atoms with E-state index in [2.05, 4.69) is 5.32 Å². The molecule has 0 atom stereocenters. The van der Waals surface area contributed by atoms with E-state index >= 15 is 0 Å². The Hall–Kier alpha value is -1.60. The molecule has 1 amide bonds. The van der Waals surface area contributed by atoms with Gasteiger partial charge in [0.05, 0.1) is 7.11 Å². The van der Waals surface area contributed by atoms with Gasteiger partial charge in [0.15, 0.2) is 0 Å². The van der Waals surface area contributed by atoms with Crippen LogP contribution in [-0.2, 0) is 10.0 Å². The van der Waals surface area contributed by atoms with Gasteiger partial charge in [0, 0.05) is 11.6 Å². The van der Waals surface area contributed by atoms with E-state index in [9.17, 15) is 13.2 Å². The fraction of sp³-hybridized carbons (Fsp3) is 0.462. The number of nitrogens with one attached hydrogen (secondary N) is 1. The van der Waals surface area contributed by atoms with Crippen LogP contribution in [0.1, 0.15) is 36.0 Å². The minimum absolute atomic E-state index is 0.130. The second-order valence-corrected chi connectivity index (χ2v) is 6.40. The van der Waals surface area contributed by atoms with Crippen LogP contribution in [0.5, 0.6) is 5.75 Å². The Balaban J connectivity index is 2.26. The number of amides is 1. The first-order valence-corrected chi connectivity index (χ1v) is 7.98. The average Bonchev–Trinajstić information content (AvgIpc) is 2.89. The fourth-order valence-electron chi connectivity index (χ4n) is 2.38. The molecule has 110 valence electrons. The number of hydrogen-bond acceptors (Lipinski definition) is 4. The Bertz CT molecular complexity index is 607. The van der Waals surface area contributed by atoms with Gasteiger partial charge in [-0.15, -0.1) is 0 Å². The van der Waals surface area contributed by atoms with Crippen molar-refractivity contribution in [2.45, 2.75) is 36.6 Å². The highest BCUT2D eigenvalue weighted by Crippen LogP contribution is 2.24. The van der Waals surface area contributed by atoms with Crippen LogP contribution < -0.4 is 15.2 Å². The lowest BCUT2D eigenvalue weighted by Gasteiger charge is -2.13. The summed E-state index contributed by atoms with van der Waals surface area (Å²) in [5.74, 6) is -0.158. The highest BCUT2D eigenvalue weighted by molar-refractivity contribution is 7.89. The van der Waals surface area contributed by atoms with Crippen LogP contribution in [0, 0.1) is 0 Å². The zero-order valence-electron chi connectivity index (χ0n) is 11.3. The van der Waals surface area contributed by atoms with Crippen LogP contribution >= 0.6 is 0 Å². The zero-order chi connectivity index (χ0) is 14.8. The van der Waals surface area contributed by atoms with E-state index in [1.54, 1.807) is 0 Å². The van der Waals surface area contributed by atoms with Crippen LogP contribution in [-0.4, -0.2) is 27.5 Å². The molecule has 1 saturated carbocycles. The van der Waals surface area contributed by atoms with E-state index in [-0.39, 0.29) is 28.2 Å². The molecule has 1 aliphatic carbocycles. The highest BCUT2D eigenvalue weighted by atomic mass is 32.2. The third kappa shape index (κ3) is 3.29. The van der Waals surface area contributed by atoms with E-state index in [4.69, 9.17) is 9.88 Å². The maximum atomic E-state index is 12.1. The van der Waals surface area contributed by atoms with Crippen LogP contribution in [0.15, 0.2) is 23.1 Å². The summed E-state index contributed by atoms with van der Waals surface area (Å²) in [7, 11) is -2.58. The summed E-state index contributed by atoms with van der Waals surface area (Å²) in [5, 5.41) is 8.02. The Morgan fingerprint density at radius 1 is 1.35 bits per heavy atom. The van der Waals surface area contributed by atoms with E-state index in [0.29, 0.717) is 0 Å². The molecule has 0 heterocycles. The smallest absolute Gasteiger partial charge is 0.251 e. The lowest BCUT2D eigenvalue weighted by Crippen LogP contribution is -2.32. The van der Waals surface area contributed by atoms with Crippen molar-refractivity contribution in [3.8, 4) is 5.75 Å². The van der Waals surface area contributed by atoms with Gasteiger partial charge in [-0.05, 0) is 31.0 Å². The summed E-state index contributed by atoms with van der Waals surface area (Å²) in [6.07, 6.45) is 4.14. The van der Waals surface area contributed by atoms with E-state index in [1.807, 2.05) is 0 Å². The number of primary sulfonamides is 1. The first-order valence-electron chi connectivity index (χ1n) is 6.43. The number of rotatable bonds is 4. The highest BCUT2D eigenvalue weighted by Gasteiger charge is 2.21. The number of carbonyl (C=O) groups excluding carboxylic acids is 1. The van der Waals surface area contributed by atoms with Crippen molar-refractivity contribution in [1.29, 1.82) is 0 Å². The SMILES string of the molecule is COc1ccc(C(=O)NC2CCCC2)cc1S(N)(=O)=O. The summed E-state index contributed by atoms with van der Waals surface area (Å²) in [4.78, 5) is 11.9. The van der Waals surface area contributed by atoms with Crippen molar-refractivity contribution in [1.82, 2.24) is 5.32 Å². The summed E-state index contributed by atoms with van der Waals surface area (Å²) < 4.78 is 27.9. The van der Waals surface area contributed by atoms with Crippen LogP contribution in [0.4, 0.5) is 0 Å². The largest absolute Gasteiger partial charge is 0.495 e. The second kappa shape index (κ2) is 5.80. The molecule has 0 saturated heterocycles. The molecule has 20 heavy (non-hydrogen) atoms. The molecule has 7 heteroatoms. The number of sulfonamides is 1. The lowest BCUT2D eigenvalue weighted by atomic mass is 10.1. The number of nitrogens with two attached hydrogens (primary N) is 1. The molecule has 1 aromatic carbocycles. The predicted octanol–water partition coefficient (Wildman–Crippen LogP) is 1.01. The normalized spacial score (nSPS) is 16.1. The molecule has 0 aliphatic heterocycles. The maximum absolute atomic E-state index is 12.1. The molecule has 0 bridgehead atoms. The Morgan fingerprint density at radius 2 is 2.00 bits per heavy atom. The first kappa shape index (κ1) is 14.8. The van der Waals surface area contributed by atoms with Crippen molar-refractivity contribution < 1.29 is 17.9 Å². The Labute approximate surface area is 118 Å². The van der Waals surface area contributed by atoms with Gasteiger partial charge in [-0.25, -0.2) is 13.6 Å². The average molecular weight is 298 g/mol. The molecule has 1 fully saturated rings. The molecule has 0 unspecified atom stereocenters. The fourth-order valence-corrected chi connectivity index (χ4v) is 3.10. The molecular weight excluding hydrogens is 280 g/mol. The van der Waals surface area contributed by atoms with Crippen LogP contribution in [0.2, 0.25) is 0 Å². The van der Waals surface area contributed by atoms with Crippen molar-refractivity contribution >= 4 is 15.9 Å². The molecule has 1 aliphatic rings. The molecule has 0 radical (unpaired) electrons. The van der Waals surface area contributed by atoms with Gasteiger partial charge in [0.2, 0.25) is 10.0 Å². The number of carbonyl (C=O) groups is 1. The number of benzene rings is 1. The molecule has 2 rings (SSSR count). The Kier molecular flexibility index (Phi) is 4.29. The second-order valence-electron chi connectivity index (χ2n) is 4.87. The van der Waals surface area contributed by atoms with Gasteiger partial charge in [-0.2, -0.15) is 0 Å². The van der Waals surface area contributed by atoms with Gasteiger partial charge in [0.25, 0.3) is 5.91 Å². The van der Waals surface area contributed by atoms with Crippen LogP contribution in [0.25, 0.3) is 0 Å². The van der Waals surface area contributed by atoms with Gasteiger partial charge in [-0.1, -0.05) is 12.8 Å². The Morgan fingerprint density at radius 3 is 2.55 bits per heavy atom. The minimum atomic E-state index is -3.93. The van der Waals surface area contributed by atoms with Crippen LogP contribution in [0.3, 0.4) is 0 Å². The van der Waals surface area contributed by atoms with Gasteiger partial charge < -0.3 is 10.1 Å². The maximum Gasteiger partial charge on any atom is 0.251 e. The zero-order valence-corrected chi connectivity index (χ0v) is 12.1. The van der Waals surface area contributed by atoms with Crippen molar-refractivity contribution in [2.75, 3.05) is 7.11 Å². The van der Waals surface area contributed by atoms with Gasteiger partial charge in [0.1, 0.15) is 10.6 Å². The summed E-state index contributed by atoms with van der Waals surface area (Å²) in [6.45, 7) is 0. The van der Waals surface area contributed by atoms with E-state index < -0.39 is 10.0 Å². The standard InChI is InChI=1S/C13H18N2O4S/c1-19-11-7-6-9(8-12(11)20(14,17)18)13(16)15-10-4-2-3-5-10/h6-8,10H,2-5H2,1H3,(H,15,16)(H2,14,17,18). The number of ether oxygens (including phenoxy) is 1. The molecule has 3 N–H and O–H groups in total. The van der Waals surface area contributed by atoms with Gasteiger partial charge >= 0.3 is 0 Å². The molecule has 6 nitrogen and oxygen atoms in total.